The summed E-state index contributed by atoms with van der Waals surface area (Å²) in [6, 6.07) is 3.05. The van der Waals surface area contributed by atoms with Gasteiger partial charge in [-0.25, -0.2) is 9.67 Å². The van der Waals surface area contributed by atoms with Crippen LogP contribution in [0.5, 0.6) is 0 Å². The summed E-state index contributed by atoms with van der Waals surface area (Å²) in [5.41, 5.74) is 0.962. The summed E-state index contributed by atoms with van der Waals surface area (Å²) in [5.74, 6) is 0. The van der Waals surface area contributed by atoms with E-state index in [0.29, 0.717) is 11.9 Å². The highest BCUT2D eigenvalue weighted by Crippen LogP contribution is 2.20. The van der Waals surface area contributed by atoms with E-state index >= 15 is 0 Å². The molecule has 0 saturated heterocycles. The monoisotopic (exact) mass is 268 g/mol. The molecule has 0 amide bonds. The lowest BCUT2D eigenvalue weighted by molar-refractivity contribution is 0.0820. The van der Waals surface area contributed by atoms with Crippen LogP contribution in [0.15, 0.2) is 18.5 Å². The van der Waals surface area contributed by atoms with Gasteiger partial charge in [-0.15, -0.1) is 0 Å². The van der Waals surface area contributed by atoms with Crippen LogP contribution in [0.1, 0.15) is 0 Å². The molecule has 17 heavy (non-hydrogen) atoms. The average molecular weight is 269 g/mol. The van der Waals surface area contributed by atoms with Crippen LogP contribution in [-0.4, -0.2) is 30.2 Å². The van der Waals surface area contributed by atoms with Gasteiger partial charge in [0.05, 0.1) is 17.1 Å². The molecule has 1 radical (unpaired) electrons. The fourth-order valence-electron chi connectivity index (χ4n) is 1.50. The molecule has 2 heterocycles. The van der Waals surface area contributed by atoms with E-state index in [-0.39, 0.29) is 8.80 Å². The van der Waals surface area contributed by atoms with Crippen molar-refractivity contribution in [3.8, 4) is 0 Å². The van der Waals surface area contributed by atoms with Crippen LogP contribution in [0.3, 0.4) is 0 Å². The Labute approximate surface area is 107 Å². The van der Waals surface area contributed by atoms with Crippen molar-refractivity contribution in [2.45, 2.75) is 25.9 Å². The molecule has 6 heteroatoms. The Kier molecular flexibility index (Phi) is 4.14. The number of hydrogen-bond acceptors (Lipinski definition) is 3. The molecule has 0 aliphatic rings. The number of halogens is 1. The highest BCUT2D eigenvalue weighted by Gasteiger charge is 2.06. The first-order chi connectivity index (χ1) is 8.18. The first kappa shape index (κ1) is 12.5. The maximum atomic E-state index is 5.97. The lowest BCUT2D eigenvalue weighted by Gasteiger charge is -2.06. The smallest absolute Gasteiger partial charge is 0.139 e. The van der Waals surface area contributed by atoms with Gasteiger partial charge in [-0.1, -0.05) is 24.7 Å². The third kappa shape index (κ3) is 3.05. The van der Waals surface area contributed by atoms with E-state index in [2.05, 4.69) is 23.2 Å². The Hall–Kier alpha value is -0.913. The van der Waals surface area contributed by atoms with Crippen molar-refractivity contribution in [2.75, 3.05) is 6.61 Å². The van der Waals surface area contributed by atoms with Crippen LogP contribution < -0.4 is 0 Å². The molecular formula is C11H15ClN3OSi. The molecule has 0 unspecified atom stereocenters. The zero-order valence-electron chi connectivity index (χ0n) is 9.98. The maximum absolute atomic E-state index is 5.97. The van der Waals surface area contributed by atoms with Gasteiger partial charge in [0.1, 0.15) is 11.9 Å². The molecule has 0 aliphatic heterocycles. The predicted octanol–water partition coefficient (Wildman–Crippen LogP) is 2.81. The number of nitrogens with zero attached hydrogens (tertiary/aromatic N) is 3. The van der Waals surface area contributed by atoms with E-state index in [9.17, 15) is 0 Å². The normalized spacial score (nSPS) is 11.5. The highest BCUT2D eigenvalue weighted by atomic mass is 35.5. The van der Waals surface area contributed by atoms with Crippen molar-refractivity contribution in [1.29, 1.82) is 0 Å². The number of hydrogen-bond donors (Lipinski definition) is 0. The van der Waals surface area contributed by atoms with Gasteiger partial charge >= 0.3 is 0 Å². The molecule has 0 aliphatic carbocycles. The van der Waals surface area contributed by atoms with Crippen molar-refractivity contribution < 1.29 is 4.74 Å². The summed E-state index contributed by atoms with van der Waals surface area (Å²) in [6.07, 6.45) is 3.41. The molecule has 0 atom stereocenters. The van der Waals surface area contributed by atoms with Crippen LogP contribution in [0.2, 0.25) is 24.3 Å². The van der Waals surface area contributed by atoms with Gasteiger partial charge in [-0.2, -0.15) is 5.10 Å². The average Bonchev–Trinajstić information content (AvgIpc) is 2.69. The standard InChI is InChI=1S/C11H15ClN3OSi/c1-17(2)6-5-16-8-15-10-3-4-13-11(12)9(10)7-14-15/h3-4,7H,5-6,8H2,1-2H3. The first-order valence-corrected chi connectivity index (χ1v) is 8.60. The van der Waals surface area contributed by atoms with E-state index in [1.165, 1.54) is 0 Å². The Balaban J connectivity index is 2.02. The van der Waals surface area contributed by atoms with Crippen LogP contribution in [0.25, 0.3) is 10.9 Å². The molecular weight excluding hydrogens is 254 g/mol. The van der Waals surface area contributed by atoms with Gasteiger partial charge in [0.2, 0.25) is 0 Å². The topological polar surface area (TPSA) is 39.9 Å². The Morgan fingerprint density at radius 1 is 1.47 bits per heavy atom. The number of ether oxygens (including phenoxy) is 1. The van der Waals surface area contributed by atoms with E-state index in [4.69, 9.17) is 16.3 Å². The molecule has 91 valence electrons. The first-order valence-electron chi connectivity index (χ1n) is 5.51. The van der Waals surface area contributed by atoms with Gasteiger partial charge in [-0.3, -0.25) is 0 Å². The molecule has 0 aromatic carbocycles. The molecule has 0 saturated carbocycles. The second-order valence-corrected chi connectivity index (χ2v) is 7.45. The molecule has 0 N–H and O–H groups in total. The number of aromatic nitrogens is 3. The zero-order valence-corrected chi connectivity index (χ0v) is 11.7. The molecule has 0 bridgehead atoms. The minimum Gasteiger partial charge on any atom is -0.360 e. The van der Waals surface area contributed by atoms with Gasteiger partial charge in [-0.05, 0) is 12.1 Å². The van der Waals surface area contributed by atoms with Crippen molar-refractivity contribution in [3.63, 3.8) is 0 Å². The number of fused-ring (bicyclic) bond motifs is 1. The van der Waals surface area contributed by atoms with Crippen molar-refractivity contribution in [1.82, 2.24) is 14.8 Å². The third-order valence-corrected chi connectivity index (χ3v) is 3.99. The lowest BCUT2D eigenvalue weighted by Crippen LogP contribution is -2.09. The van der Waals surface area contributed by atoms with E-state index in [1.807, 2.05) is 6.07 Å². The number of pyridine rings is 1. The molecule has 2 aromatic heterocycles. The second-order valence-electron chi connectivity index (χ2n) is 4.17. The summed E-state index contributed by atoms with van der Waals surface area (Å²) in [6.45, 7) is 5.83. The zero-order chi connectivity index (χ0) is 12.3. The molecule has 0 fully saturated rings. The van der Waals surface area contributed by atoms with E-state index in [0.717, 1.165) is 23.6 Å². The van der Waals surface area contributed by atoms with Crippen molar-refractivity contribution >= 4 is 31.3 Å². The summed E-state index contributed by atoms with van der Waals surface area (Å²) in [5, 5.41) is 5.60. The molecule has 0 spiro atoms. The minimum absolute atomic E-state index is 0.210. The Morgan fingerprint density at radius 2 is 2.29 bits per heavy atom. The van der Waals surface area contributed by atoms with Gasteiger partial charge in [0.15, 0.2) is 0 Å². The van der Waals surface area contributed by atoms with Crippen LogP contribution in [0, 0.1) is 0 Å². The fraction of sp³-hybridized carbons (Fsp3) is 0.455. The van der Waals surface area contributed by atoms with Crippen LogP contribution in [-0.2, 0) is 11.5 Å². The minimum atomic E-state index is -0.210. The van der Waals surface area contributed by atoms with Gasteiger partial charge in [0.25, 0.3) is 0 Å². The van der Waals surface area contributed by atoms with E-state index in [1.54, 1.807) is 17.1 Å². The van der Waals surface area contributed by atoms with Gasteiger partial charge in [0, 0.05) is 21.6 Å². The largest absolute Gasteiger partial charge is 0.360 e. The second kappa shape index (κ2) is 5.62. The molecule has 2 aromatic rings. The molecule has 2 rings (SSSR count). The summed E-state index contributed by atoms with van der Waals surface area (Å²) < 4.78 is 7.41. The summed E-state index contributed by atoms with van der Waals surface area (Å²) >= 11 is 5.97. The van der Waals surface area contributed by atoms with Crippen LogP contribution >= 0.6 is 11.6 Å². The lowest BCUT2D eigenvalue weighted by atomic mass is 10.3. The summed E-state index contributed by atoms with van der Waals surface area (Å²) in [4.78, 5) is 4.02. The van der Waals surface area contributed by atoms with E-state index < -0.39 is 0 Å². The summed E-state index contributed by atoms with van der Waals surface area (Å²) in [7, 11) is -0.210. The Morgan fingerprint density at radius 3 is 3.06 bits per heavy atom. The SMILES string of the molecule is C[Si](C)CCOCn1ncc2c(Cl)nccc21. The van der Waals surface area contributed by atoms with Gasteiger partial charge < -0.3 is 4.74 Å². The van der Waals surface area contributed by atoms with Crippen molar-refractivity contribution in [3.05, 3.63) is 23.6 Å². The maximum Gasteiger partial charge on any atom is 0.139 e. The van der Waals surface area contributed by atoms with Crippen molar-refractivity contribution in [2.24, 2.45) is 0 Å². The van der Waals surface area contributed by atoms with Crippen LogP contribution in [0.4, 0.5) is 0 Å². The molecule has 4 nitrogen and oxygen atoms in total. The quantitative estimate of drug-likeness (QED) is 0.476. The Bertz CT molecular complexity index is 500. The highest BCUT2D eigenvalue weighted by molar-refractivity contribution is 6.55. The fourth-order valence-corrected chi connectivity index (χ4v) is 2.26. The third-order valence-electron chi connectivity index (χ3n) is 2.48. The predicted molar refractivity (Wildman–Crippen MR) is 70.8 cm³/mol. The number of rotatable bonds is 5.